The number of nitrogens with one attached hydrogen (secondary N) is 2. The molecule has 1 aromatic carbocycles. The maximum absolute atomic E-state index is 12.9. The Balaban J connectivity index is 1.86. The number of pyridine rings is 1. The molecular weight excluding hydrogens is 364 g/mol. The summed E-state index contributed by atoms with van der Waals surface area (Å²) in [6.45, 7) is 8.43. The second-order valence-electron chi connectivity index (χ2n) is 8.35. The highest BCUT2D eigenvalue weighted by molar-refractivity contribution is 6.01. The van der Waals surface area contributed by atoms with Crippen molar-refractivity contribution >= 4 is 11.7 Å². The van der Waals surface area contributed by atoms with E-state index in [4.69, 9.17) is 0 Å². The van der Waals surface area contributed by atoms with E-state index < -0.39 is 11.5 Å². The second kappa shape index (κ2) is 8.76. The lowest BCUT2D eigenvalue weighted by Crippen LogP contribution is -2.36. The number of ketones is 1. The number of hydrogen-bond acceptors (Lipinski definition) is 3. The highest BCUT2D eigenvalue weighted by Gasteiger charge is 2.25. The van der Waals surface area contributed by atoms with Gasteiger partial charge in [-0.15, -0.1) is 0 Å². The molecule has 3 rings (SSSR count). The monoisotopic (exact) mass is 394 g/mol. The summed E-state index contributed by atoms with van der Waals surface area (Å²) in [4.78, 5) is 40.3. The number of fused-ring (bicyclic) bond motifs is 1. The van der Waals surface area contributed by atoms with Crippen LogP contribution < -0.4 is 10.9 Å². The first-order chi connectivity index (χ1) is 13.8. The van der Waals surface area contributed by atoms with Gasteiger partial charge in [-0.3, -0.25) is 14.4 Å². The van der Waals surface area contributed by atoms with Crippen molar-refractivity contribution in [2.75, 3.05) is 0 Å². The van der Waals surface area contributed by atoms with Crippen molar-refractivity contribution in [2.45, 2.75) is 65.3 Å². The molecule has 29 heavy (non-hydrogen) atoms. The molecule has 5 heteroatoms. The lowest BCUT2D eigenvalue weighted by Gasteiger charge is -2.24. The normalized spacial score (nSPS) is 15.7. The molecule has 2 aromatic rings. The number of aryl methyl sites for hydroxylation is 1. The Bertz CT molecular complexity index is 957. The molecular formula is C24H30N2O3. The summed E-state index contributed by atoms with van der Waals surface area (Å²) in [5, 5.41) is 3.00. The Morgan fingerprint density at radius 1 is 1.07 bits per heavy atom. The predicted molar refractivity (Wildman–Crippen MR) is 115 cm³/mol. The molecule has 1 aliphatic rings. The molecule has 1 aliphatic carbocycles. The molecule has 0 spiro atoms. The maximum Gasteiger partial charge on any atom is 0.261 e. The summed E-state index contributed by atoms with van der Waals surface area (Å²) < 4.78 is 0. The highest BCUT2D eigenvalue weighted by atomic mass is 16.2. The number of aromatic nitrogens is 1. The van der Waals surface area contributed by atoms with Crippen LogP contribution in [0.5, 0.6) is 0 Å². The Labute approximate surface area is 171 Å². The van der Waals surface area contributed by atoms with Gasteiger partial charge in [-0.25, -0.2) is 0 Å². The third-order valence-corrected chi connectivity index (χ3v) is 5.93. The average molecular weight is 395 g/mol. The third kappa shape index (κ3) is 4.50. The van der Waals surface area contributed by atoms with Crippen LogP contribution in [0.2, 0.25) is 0 Å². The molecule has 0 unspecified atom stereocenters. The van der Waals surface area contributed by atoms with Crippen molar-refractivity contribution in [2.24, 2.45) is 5.92 Å². The minimum atomic E-state index is -0.447. The van der Waals surface area contributed by atoms with E-state index in [-0.39, 0.29) is 23.3 Å². The number of H-pyrrole nitrogens is 1. The molecule has 0 fully saturated rings. The van der Waals surface area contributed by atoms with Crippen LogP contribution in [-0.2, 0) is 6.42 Å². The van der Waals surface area contributed by atoms with Crippen LogP contribution in [0.1, 0.15) is 96.5 Å². The fraction of sp³-hybridized carbons (Fsp3) is 0.458. The van der Waals surface area contributed by atoms with E-state index in [1.54, 1.807) is 0 Å². The summed E-state index contributed by atoms with van der Waals surface area (Å²) in [6.07, 6.45) is 2.92. The van der Waals surface area contributed by atoms with Crippen molar-refractivity contribution < 1.29 is 9.59 Å². The summed E-state index contributed by atoms with van der Waals surface area (Å²) in [6, 6.07) is 9.55. The van der Waals surface area contributed by atoms with E-state index in [1.165, 1.54) is 11.6 Å². The first kappa shape index (κ1) is 21.0. The number of amides is 1. The van der Waals surface area contributed by atoms with Crippen LogP contribution in [0, 0.1) is 5.92 Å². The zero-order valence-corrected chi connectivity index (χ0v) is 17.7. The van der Waals surface area contributed by atoms with Gasteiger partial charge in [0.15, 0.2) is 5.78 Å². The lowest BCUT2D eigenvalue weighted by atomic mass is 9.91. The van der Waals surface area contributed by atoms with Crippen molar-refractivity contribution in [3.05, 3.63) is 68.6 Å². The van der Waals surface area contributed by atoms with Crippen LogP contribution in [0.15, 0.2) is 35.1 Å². The molecule has 5 nitrogen and oxygen atoms in total. The number of rotatable bonds is 6. The zero-order valence-electron chi connectivity index (χ0n) is 17.7. The molecule has 0 bridgehead atoms. The molecule has 2 atom stereocenters. The topological polar surface area (TPSA) is 79.0 Å². The standard InChI is InChI=1S/C24H30N2O3/c1-5-15(4)16-9-11-17(12-10-16)22(14(2)3)26-24(29)19-13-18-20(25-23(19)28)7-6-8-21(18)27/h9-15,22H,5-8H2,1-4H3,(H,25,28)(H,26,29)/t15-,22+/m1/s1. The molecule has 1 amide bonds. The molecule has 154 valence electrons. The van der Waals surface area contributed by atoms with Gasteiger partial charge in [-0.1, -0.05) is 52.0 Å². The molecule has 1 aromatic heterocycles. The minimum Gasteiger partial charge on any atom is -0.345 e. The Morgan fingerprint density at radius 2 is 1.72 bits per heavy atom. The summed E-state index contributed by atoms with van der Waals surface area (Å²) in [5.74, 6) is 0.171. The van der Waals surface area contributed by atoms with E-state index in [2.05, 4.69) is 36.3 Å². The summed E-state index contributed by atoms with van der Waals surface area (Å²) in [7, 11) is 0. The van der Waals surface area contributed by atoms with E-state index in [9.17, 15) is 14.4 Å². The minimum absolute atomic E-state index is 0.000811. The van der Waals surface area contributed by atoms with E-state index in [0.717, 1.165) is 18.4 Å². The van der Waals surface area contributed by atoms with E-state index in [1.807, 2.05) is 26.0 Å². The van der Waals surface area contributed by atoms with E-state index in [0.29, 0.717) is 30.0 Å². The first-order valence-electron chi connectivity index (χ1n) is 10.5. The maximum atomic E-state index is 12.9. The summed E-state index contributed by atoms with van der Waals surface area (Å²) in [5.41, 5.74) is 2.95. The number of Topliss-reactive ketones (excluding diaryl/α,β-unsaturated/α-hetero) is 1. The van der Waals surface area contributed by atoms with Gasteiger partial charge in [-0.05, 0) is 48.3 Å². The van der Waals surface area contributed by atoms with Gasteiger partial charge in [0, 0.05) is 17.7 Å². The predicted octanol–water partition coefficient (Wildman–Crippen LogP) is 4.53. The molecule has 0 saturated heterocycles. The first-order valence-corrected chi connectivity index (χ1v) is 10.5. The second-order valence-corrected chi connectivity index (χ2v) is 8.35. The zero-order chi connectivity index (χ0) is 21.1. The number of aromatic amines is 1. The highest BCUT2D eigenvalue weighted by Crippen LogP contribution is 2.26. The van der Waals surface area contributed by atoms with Gasteiger partial charge in [0.05, 0.1) is 6.04 Å². The smallest absolute Gasteiger partial charge is 0.261 e. The van der Waals surface area contributed by atoms with Crippen LogP contribution in [0.25, 0.3) is 0 Å². The molecule has 1 heterocycles. The number of hydrogen-bond donors (Lipinski definition) is 2. The van der Waals surface area contributed by atoms with E-state index >= 15 is 0 Å². The van der Waals surface area contributed by atoms with Gasteiger partial charge in [0.2, 0.25) is 0 Å². The fourth-order valence-corrected chi connectivity index (χ4v) is 3.87. The Hall–Kier alpha value is -2.69. The van der Waals surface area contributed by atoms with Crippen LogP contribution >= 0.6 is 0 Å². The van der Waals surface area contributed by atoms with Gasteiger partial charge in [0.25, 0.3) is 11.5 Å². The Kier molecular flexibility index (Phi) is 6.36. The van der Waals surface area contributed by atoms with Crippen LogP contribution in [0.3, 0.4) is 0 Å². The number of carbonyl (C=O) groups is 2. The Morgan fingerprint density at radius 3 is 2.34 bits per heavy atom. The third-order valence-electron chi connectivity index (χ3n) is 5.93. The number of benzene rings is 1. The SMILES string of the molecule is CC[C@@H](C)c1ccc([C@@H](NC(=O)c2cc3c([nH]c2=O)CCCC3=O)C(C)C)cc1. The number of carbonyl (C=O) groups excluding carboxylic acids is 2. The molecule has 0 saturated carbocycles. The van der Waals surface area contributed by atoms with Gasteiger partial charge in [-0.2, -0.15) is 0 Å². The van der Waals surface area contributed by atoms with Crippen molar-refractivity contribution in [3.63, 3.8) is 0 Å². The average Bonchev–Trinajstić information content (AvgIpc) is 2.71. The van der Waals surface area contributed by atoms with Gasteiger partial charge < -0.3 is 10.3 Å². The van der Waals surface area contributed by atoms with Crippen LogP contribution in [0.4, 0.5) is 0 Å². The lowest BCUT2D eigenvalue weighted by molar-refractivity contribution is 0.0924. The van der Waals surface area contributed by atoms with Gasteiger partial charge >= 0.3 is 0 Å². The molecule has 0 aliphatic heterocycles. The largest absolute Gasteiger partial charge is 0.345 e. The van der Waals surface area contributed by atoms with Crippen LogP contribution in [-0.4, -0.2) is 16.7 Å². The van der Waals surface area contributed by atoms with Crippen molar-refractivity contribution in [1.82, 2.24) is 10.3 Å². The van der Waals surface area contributed by atoms with Gasteiger partial charge in [0.1, 0.15) is 5.56 Å². The molecule has 0 radical (unpaired) electrons. The van der Waals surface area contributed by atoms with Crippen molar-refractivity contribution in [3.8, 4) is 0 Å². The fourth-order valence-electron chi connectivity index (χ4n) is 3.87. The molecule has 2 N–H and O–H groups in total. The quantitative estimate of drug-likeness (QED) is 0.755. The van der Waals surface area contributed by atoms with Crippen molar-refractivity contribution in [1.29, 1.82) is 0 Å². The summed E-state index contributed by atoms with van der Waals surface area (Å²) >= 11 is 0.